The van der Waals surface area contributed by atoms with Crippen molar-refractivity contribution in [3.63, 3.8) is 0 Å². The molecule has 3 aromatic rings. The van der Waals surface area contributed by atoms with E-state index in [1.165, 1.54) is 16.7 Å². The number of hydrogen-bond acceptors (Lipinski definition) is 2. The van der Waals surface area contributed by atoms with Gasteiger partial charge in [0.25, 0.3) is 0 Å². The molecule has 0 saturated carbocycles. The average molecular weight is 452 g/mol. The van der Waals surface area contributed by atoms with Crippen molar-refractivity contribution >= 4 is 0 Å². The zero-order valence-electron chi connectivity index (χ0n) is 20.8. The minimum atomic E-state index is -0.00510. The predicted octanol–water partition coefficient (Wildman–Crippen LogP) is 7.00. The Kier molecular flexibility index (Phi) is 8.22. The average Bonchev–Trinajstić information content (AvgIpc) is 2.87. The van der Waals surface area contributed by atoms with E-state index >= 15 is 0 Å². The van der Waals surface area contributed by atoms with Crippen LogP contribution >= 0.6 is 0 Å². The summed E-state index contributed by atoms with van der Waals surface area (Å²) in [5.74, 6) is 6.70. The van der Waals surface area contributed by atoms with Gasteiger partial charge in [-0.05, 0) is 47.1 Å². The van der Waals surface area contributed by atoms with Gasteiger partial charge in [0.2, 0.25) is 0 Å². The standard InChI is InChI=1S/C32H37NO/c1-32(2,3)29-19-17-26(18-20-29)12-10-11-23-33-24-21-30(22-25-33)34-31(27-13-6-4-7-14-27)28-15-8-5-9-16-28/h4-9,13-20,30-31H,11,21-25H2,1-3H3. The summed E-state index contributed by atoms with van der Waals surface area (Å²) in [6.07, 6.45) is 3.32. The summed E-state index contributed by atoms with van der Waals surface area (Å²) in [5, 5.41) is 0. The molecule has 34 heavy (non-hydrogen) atoms. The minimum absolute atomic E-state index is 0.00510. The maximum Gasteiger partial charge on any atom is 0.108 e. The maximum absolute atomic E-state index is 6.67. The van der Waals surface area contributed by atoms with Gasteiger partial charge in [0.05, 0.1) is 6.10 Å². The Morgan fingerprint density at radius 3 is 1.91 bits per heavy atom. The van der Waals surface area contributed by atoms with E-state index in [9.17, 15) is 0 Å². The van der Waals surface area contributed by atoms with E-state index < -0.39 is 0 Å². The third-order valence-electron chi connectivity index (χ3n) is 6.60. The lowest BCUT2D eigenvalue weighted by atomic mass is 9.87. The molecule has 176 valence electrons. The molecule has 0 amide bonds. The molecule has 0 aliphatic carbocycles. The highest BCUT2D eigenvalue weighted by Crippen LogP contribution is 2.30. The number of benzene rings is 3. The number of likely N-dealkylation sites (tertiary alicyclic amines) is 1. The molecule has 0 aromatic heterocycles. The van der Waals surface area contributed by atoms with Crippen LogP contribution in [0.15, 0.2) is 84.9 Å². The van der Waals surface area contributed by atoms with Gasteiger partial charge in [0, 0.05) is 31.6 Å². The summed E-state index contributed by atoms with van der Waals surface area (Å²) in [6.45, 7) is 9.90. The first-order valence-electron chi connectivity index (χ1n) is 12.6. The van der Waals surface area contributed by atoms with Crippen LogP contribution in [0.4, 0.5) is 0 Å². The van der Waals surface area contributed by atoms with E-state index in [4.69, 9.17) is 4.74 Å². The summed E-state index contributed by atoms with van der Waals surface area (Å²) in [6, 6.07) is 29.9. The zero-order chi connectivity index (χ0) is 23.8. The largest absolute Gasteiger partial charge is 0.365 e. The van der Waals surface area contributed by atoms with Crippen LogP contribution in [-0.4, -0.2) is 30.6 Å². The molecular formula is C32H37NO. The maximum atomic E-state index is 6.67. The molecule has 2 heteroatoms. The molecule has 4 rings (SSSR count). The van der Waals surface area contributed by atoms with Gasteiger partial charge in [0.15, 0.2) is 0 Å². The summed E-state index contributed by atoms with van der Waals surface area (Å²) in [4.78, 5) is 2.53. The first-order valence-corrected chi connectivity index (χ1v) is 12.6. The SMILES string of the molecule is CC(C)(C)c1ccc(C#CCCN2CCC(OC(c3ccccc3)c3ccccc3)CC2)cc1. The monoisotopic (exact) mass is 451 g/mol. The summed E-state index contributed by atoms with van der Waals surface area (Å²) < 4.78 is 6.67. The van der Waals surface area contributed by atoms with Gasteiger partial charge in [0.1, 0.15) is 6.10 Å². The van der Waals surface area contributed by atoms with Crippen molar-refractivity contribution in [3.8, 4) is 11.8 Å². The van der Waals surface area contributed by atoms with Gasteiger partial charge in [-0.25, -0.2) is 0 Å². The number of rotatable bonds is 6. The number of nitrogens with zero attached hydrogens (tertiary/aromatic N) is 1. The van der Waals surface area contributed by atoms with Gasteiger partial charge < -0.3 is 9.64 Å². The van der Waals surface area contributed by atoms with Crippen LogP contribution in [0.5, 0.6) is 0 Å². The van der Waals surface area contributed by atoms with Gasteiger partial charge in [-0.1, -0.05) is 105 Å². The summed E-state index contributed by atoms with van der Waals surface area (Å²) >= 11 is 0. The Labute approximate surface area is 206 Å². The van der Waals surface area contributed by atoms with Crippen molar-refractivity contribution in [2.24, 2.45) is 0 Å². The topological polar surface area (TPSA) is 12.5 Å². The third kappa shape index (κ3) is 6.83. The Balaban J connectivity index is 1.26. The van der Waals surface area contributed by atoms with E-state index in [2.05, 4.69) is 122 Å². The Bertz CT molecular complexity index is 1020. The Hall–Kier alpha value is -2.86. The Morgan fingerprint density at radius 2 is 1.38 bits per heavy atom. The second-order valence-electron chi connectivity index (χ2n) is 10.3. The molecule has 0 unspecified atom stereocenters. The first kappa shape index (κ1) is 24.3. The molecule has 1 saturated heterocycles. The zero-order valence-corrected chi connectivity index (χ0v) is 20.8. The first-order chi connectivity index (χ1) is 16.5. The lowest BCUT2D eigenvalue weighted by Gasteiger charge is -2.34. The van der Waals surface area contributed by atoms with Crippen molar-refractivity contribution in [2.75, 3.05) is 19.6 Å². The second kappa shape index (κ2) is 11.5. The smallest absolute Gasteiger partial charge is 0.108 e. The van der Waals surface area contributed by atoms with Gasteiger partial charge in [-0.15, -0.1) is 0 Å². The lowest BCUT2D eigenvalue weighted by molar-refractivity contribution is -0.0266. The van der Waals surface area contributed by atoms with Crippen LogP contribution in [0, 0.1) is 11.8 Å². The molecular weight excluding hydrogens is 414 g/mol. The fourth-order valence-corrected chi connectivity index (χ4v) is 4.50. The number of ether oxygens (including phenoxy) is 1. The van der Waals surface area contributed by atoms with Crippen molar-refractivity contribution in [1.82, 2.24) is 4.90 Å². The van der Waals surface area contributed by atoms with Crippen LogP contribution in [0.2, 0.25) is 0 Å². The highest BCUT2D eigenvalue weighted by atomic mass is 16.5. The van der Waals surface area contributed by atoms with Crippen LogP contribution in [-0.2, 0) is 10.2 Å². The van der Waals surface area contributed by atoms with E-state index in [-0.39, 0.29) is 17.6 Å². The molecule has 1 aliphatic heterocycles. The van der Waals surface area contributed by atoms with Crippen molar-refractivity contribution in [1.29, 1.82) is 0 Å². The molecule has 1 aliphatic rings. The molecule has 3 aromatic carbocycles. The summed E-state index contributed by atoms with van der Waals surface area (Å²) in [5.41, 5.74) is 5.09. The van der Waals surface area contributed by atoms with Crippen molar-refractivity contribution < 1.29 is 4.74 Å². The molecule has 0 N–H and O–H groups in total. The third-order valence-corrected chi connectivity index (χ3v) is 6.60. The molecule has 0 bridgehead atoms. The van der Waals surface area contributed by atoms with Gasteiger partial charge in [-0.2, -0.15) is 0 Å². The molecule has 2 nitrogen and oxygen atoms in total. The highest BCUT2D eigenvalue weighted by Gasteiger charge is 2.24. The fourth-order valence-electron chi connectivity index (χ4n) is 4.50. The van der Waals surface area contributed by atoms with Crippen molar-refractivity contribution in [2.45, 2.75) is 57.7 Å². The highest BCUT2D eigenvalue weighted by molar-refractivity contribution is 5.38. The van der Waals surface area contributed by atoms with Crippen molar-refractivity contribution in [3.05, 3.63) is 107 Å². The van der Waals surface area contributed by atoms with Crippen LogP contribution in [0.25, 0.3) is 0 Å². The Morgan fingerprint density at radius 1 is 0.824 bits per heavy atom. The number of piperidine rings is 1. The molecule has 0 radical (unpaired) electrons. The van der Waals surface area contributed by atoms with E-state index in [1.54, 1.807) is 0 Å². The van der Waals surface area contributed by atoms with E-state index in [0.717, 1.165) is 44.5 Å². The van der Waals surface area contributed by atoms with Gasteiger partial charge in [-0.3, -0.25) is 0 Å². The fraction of sp³-hybridized carbons (Fsp3) is 0.375. The quantitative estimate of drug-likeness (QED) is 0.374. The normalized spacial score (nSPS) is 15.2. The van der Waals surface area contributed by atoms with E-state index in [0.29, 0.717) is 0 Å². The minimum Gasteiger partial charge on any atom is -0.365 e. The van der Waals surface area contributed by atoms with Crippen LogP contribution in [0.1, 0.15) is 68.4 Å². The lowest BCUT2D eigenvalue weighted by Crippen LogP contribution is -2.38. The van der Waals surface area contributed by atoms with Crippen LogP contribution in [0.3, 0.4) is 0 Å². The van der Waals surface area contributed by atoms with Gasteiger partial charge >= 0.3 is 0 Å². The van der Waals surface area contributed by atoms with E-state index in [1.807, 2.05) is 0 Å². The summed E-state index contributed by atoms with van der Waals surface area (Å²) in [7, 11) is 0. The molecule has 1 heterocycles. The molecule has 0 atom stereocenters. The second-order valence-corrected chi connectivity index (χ2v) is 10.3. The molecule has 1 fully saturated rings. The van der Waals surface area contributed by atoms with Crippen LogP contribution < -0.4 is 0 Å². The molecule has 0 spiro atoms. The predicted molar refractivity (Wildman–Crippen MR) is 142 cm³/mol. The number of hydrogen-bond donors (Lipinski definition) is 0.